The molecule has 0 radical (unpaired) electrons. The molecule has 2 aromatic carbocycles. The van der Waals surface area contributed by atoms with E-state index in [1.54, 1.807) is 49.4 Å². The summed E-state index contributed by atoms with van der Waals surface area (Å²) in [5.41, 5.74) is 3.30. The van der Waals surface area contributed by atoms with Crippen molar-refractivity contribution < 1.29 is 23.9 Å². The lowest BCUT2D eigenvalue weighted by atomic mass is 10.2. The van der Waals surface area contributed by atoms with E-state index in [9.17, 15) is 14.4 Å². The first-order valence-corrected chi connectivity index (χ1v) is 9.12. The number of anilines is 2. The summed E-state index contributed by atoms with van der Waals surface area (Å²) >= 11 is 6.02. The van der Waals surface area contributed by atoms with Crippen molar-refractivity contribution in [3.8, 4) is 11.5 Å². The van der Waals surface area contributed by atoms with E-state index in [1.807, 2.05) is 0 Å². The minimum atomic E-state index is -0.973. The predicted octanol–water partition coefficient (Wildman–Crippen LogP) is 2.82. The van der Waals surface area contributed by atoms with Gasteiger partial charge < -0.3 is 20.1 Å². The molecule has 0 unspecified atom stereocenters. The minimum absolute atomic E-state index is 0.0958. The van der Waals surface area contributed by atoms with E-state index in [2.05, 4.69) is 21.2 Å². The smallest absolute Gasteiger partial charge is 0.329 e. The van der Waals surface area contributed by atoms with Crippen LogP contribution in [0.2, 0.25) is 5.02 Å². The van der Waals surface area contributed by atoms with Crippen LogP contribution >= 0.6 is 11.6 Å². The molecule has 0 saturated carbocycles. The van der Waals surface area contributed by atoms with E-state index in [0.717, 1.165) is 0 Å². The van der Waals surface area contributed by atoms with Crippen molar-refractivity contribution in [2.24, 2.45) is 5.10 Å². The van der Waals surface area contributed by atoms with Gasteiger partial charge in [-0.3, -0.25) is 14.4 Å². The van der Waals surface area contributed by atoms with Crippen LogP contribution in [-0.4, -0.2) is 37.7 Å². The summed E-state index contributed by atoms with van der Waals surface area (Å²) in [6.07, 6.45) is -0.0958. The van der Waals surface area contributed by atoms with Crippen molar-refractivity contribution in [3.63, 3.8) is 0 Å². The fourth-order valence-corrected chi connectivity index (χ4v) is 2.56. The van der Waals surface area contributed by atoms with Crippen molar-refractivity contribution in [3.05, 3.63) is 47.5 Å². The number of ether oxygens (including phenoxy) is 2. The maximum Gasteiger partial charge on any atom is 0.329 e. The van der Waals surface area contributed by atoms with Crippen molar-refractivity contribution in [1.29, 1.82) is 0 Å². The van der Waals surface area contributed by atoms with Crippen LogP contribution < -0.4 is 25.5 Å². The Bertz CT molecular complexity index is 977. The fraction of sp³-hybridized carbons (Fsp3) is 0.200. The van der Waals surface area contributed by atoms with Gasteiger partial charge in [0.2, 0.25) is 5.91 Å². The van der Waals surface area contributed by atoms with E-state index in [1.165, 1.54) is 14.2 Å². The van der Waals surface area contributed by atoms with E-state index in [0.29, 0.717) is 33.6 Å². The van der Waals surface area contributed by atoms with Crippen molar-refractivity contribution >= 4 is 46.4 Å². The third-order valence-electron chi connectivity index (χ3n) is 3.73. The molecule has 10 heteroatoms. The average molecular weight is 433 g/mol. The molecule has 9 nitrogen and oxygen atoms in total. The molecule has 2 aromatic rings. The first kappa shape index (κ1) is 22.7. The summed E-state index contributed by atoms with van der Waals surface area (Å²) in [5.74, 6) is -1.22. The maximum atomic E-state index is 12.1. The Balaban J connectivity index is 1.85. The van der Waals surface area contributed by atoms with Crippen molar-refractivity contribution in [2.75, 3.05) is 24.9 Å². The molecule has 0 aliphatic heterocycles. The van der Waals surface area contributed by atoms with Gasteiger partial charge >= 0.3 is 11.8 Å². The molecule has 2 rings (SSSR count). The highest BCUT2D eigenvalue weighted by atomic mass is 35.5. The molecule has 0 aliphatic rings. The zero-order valence-corrected chi connectivity index (χ0v) is 17.4. The normalized spacial score (nSPS) is 10.7. The highest BCUT2D eigenvalue weighted by Gasteiger charge is 2.14. The molecule has 0 bridgehead atoms. The number of rotatable bonds is 7. The monoisotopic (exact) mass is 432 g/mol. The van der Waals surface area contributed by atoms with Gasteiger partial charge in [-0.15, -0.1) is 0 Å². The SMILES string of the molecule is COc1cccc(NC(=O)C(=O)N/N=C(\C)CC(=O)Nc2ccc(OC)c(Cl)c2)c1. The summed E-state index contributed by atoms with van der Waals surface area (Å²) in [5, 5.41) is 9.21. The number of carbonyl (C=O) groups excluding carboxylic acids is 3. The van der Waals surface area contributed by atoms with E-state index in [4.69, 9.17) is 21.1 Å². The van der Waals surface area contributed by atoms with Gasteiger partial charge in [-0.25, -0.2) is 5.43 Å². The lowest BCUT2D eigenvalue weighted by molar-refractivity contribution is -0.136. The number of carbonyl (C=O) groups is 3. The Morgan fingerprint density at radius 2 is 1.70 bits per heavy atom. The molecule has 0 heterocycles. The largest absolute Gasteiger partial charge is 0.497 e. The zero-order chi connectivity index (χ0) is 22.1. The second-order valence-electron chi connectivity index (χ2n) is 6.05. The van der Waals surface area contributed by atoms with Crippen LogP contribution in [0.4, 0.5) is 11.4 Å². The molecule has 0 fully saturated rings. The van der Waals surface area contributed by atoms with E-state index < -0.39 is 11.8 Å². The van der Waals surface area contributed by atoms with Crippen LogP contribution in [0.1, 0.15) is 13.3 Å². The molecule has 30 heavy (non-hydrogen) atoms. The number of methoxy groups -OCH3 is 2. The molecule has 0 aliphatic carbocycles. The third kappa shape index (κ3) is 6.78. The number of halogens is 1. The lowest BCUT2D eigenvalue weighted by Crippen LogP contribution is -2.33. The van der Waals surface area contributed by atoms with Crippen molar-refractivity contribution in [2.45, 2.75) is 13.3 Å². The molecular weight excluding hydrogens is 412 g/mol. The standard InChI is InChI=1S/C20H21ClN4O5/c1-12(9-18(26)22-14-7-8-17(30-3)16(21)11-14)24-25-20(28)19(27)23-13-5-4-6-15(10-13)29-2/h4-8,10-11H,9H2,1-3H3,(H,22,26)(H,23,27)(H,25,28)/b24-12+. The van der Waals surface area contributed by atoms with Gasteiger partial charge in [0, 0.05) is 23.2 Å². The Labute approximate surface area is 178 Å². The number of benzene rings is 2. The summed E-state index contributed by atoms with van der Waals surface area (Å²) in [6, 6.07) is 11.4. The number of nitrogens with one attached hydrogen (secondary N) is 3. The Morgan fingerprint density at radius 1 is 0.967 bits per heavy atom. The fourth-order valence-electron chi connectivity index (χ4n) is 2.31. The quantitative estimate of drug-likeness (QED) is 0.353. The molecule has 3 amide bonds. The number of nitrogens with zero attached hydrogens (tertiary/aromatic N) is 1. The number of amides is 3. The van der Waals surface area contributed by atoms with Gasteiger partial charge in [0.25, 0.3) is 0 Å². The maximum absolute atomic E-state index is 12.1. The zero-order valence-electron chi connectivity index (χ0n) is 16.6. The highest BCUT2D eigenvalue weighted by molar-refractivity contribution is 6.39. The predicted molar refractivity (Wildman–Crippen MR) is 114 cm³/mol. The molecule has 0 aromatic heterocycles. The number of hydrazone groups is 1. The van der Waals surface area contributed by atoms with Crippen LogP contribution in [-0.2, 0) is 14.4 Å². The average Bonchev–Trinajstić information content (AvgIpc) is 2.72. The van der Waals surface area contributed by atoms with Gasteiger partial charge in [-0.2, -0.15) is 5.10 Å². The minimum Gasteiger partial charge on any atom is -0.497 e. The first-order valence-electron chi connectivity index (χ1n) is 8.74. The Hall–Kier alpha value is -3.59. The molecule has 0 atom stereocenters. The molecule has 0 saturated heterocycles. The Kier molecular flexibility index (Phi) is 8.18. The topological polar surface area (TPSA) is 118 Å². The second kappa shape index (κ2) is 10.8. The van der Waals surface area contributed by atoms with Crippen LogP contribution in [0.25, 0.3) is 0 Å². The lowest BCUT2D eigenvalue weighted by Gasteiger charge is -2.08. The first-order chi connectivity index (χ1) is 14.3. The van der Waals surface area contributed by atoms with Crippen LogP contribution in [0, 0.1) is 0 Å². The van der Waals surface area contributed by atoms with Crippen molar-refractivity contribution in [1.82, 2.24) is 5.43 Å². The summed E-state index contributed by atoms with van der Waals surface area (Å²) in [4.78, 5) is 35.9. The molecule has 0 spiro atoms. The highest BCUT2D eigenvalue weighted by Crippen LogP contribution is 2.27. The summed E-state index contributed by atoms with van der Waals surface area (Å²) in [6.45, 7) is 1.54. The van der Waals surface area contributed by atoms with Crippen LogP contribution in [0.5, 0.6) is 11.5 Å². The van der Waals surface area contributed by atoms with Gasteiger partial charge in [-0.05, 0) is 37.3 Å². The number of hydrogen-bond donors (Lipinski definition) is 3. The van der Waals surface area contributed by atoms with Gasteiger partial charge in [-0.1, -0.05) is 17.7 Å². The summed E-state index contributed by atoms with van der Waals surface area (Å²) < 4.78 is 10.1. The second-order valence-corrected chi connectivity index (χ2v) is 6.46. The van der Waals surface area contributed by atoms with Crippen LogP contribution in [0.15, 0.2) is 47.6 Å². The van der Waals surface area contributed by atoms with Crippen LogP contribution in [0.3, 0.4) is 0 Å². The van der Waals surface area contributed by atoms with E-state index in [-0.39, 0.29) is 12.3 Å². The summed E-state index contributed by atoms with van der Waals surface area (Å²) in [7, 11) is 2.98. The Morgan fingerprint density at radius 3 is 2.37 bits per heavy atom. The molecule has 3 N–H and O–H groups in total. The van der Waals surface area contributed by atoms with Gasteiger partial charge in [0.1, 0.15) is 11.5 Å². The number of hydrogen-bond acceptors (Lipinski definition) is 6. The van der Waals surface area contributed by atoms with E-state index >= 15 is 0 Å². The van der Waals surface area contributed by atoms with Gasteiger partial charge in [0.05, 0.1) is 25.7 Å². The van der Waals surface area contributed by atoms with Gasteiger partial charge in [0.15, 0.2) is 0 Å². The molecule has 158 valence electrons. The third-order valence-corrected chi connectivity index (χ3v) is 4.03. The molecular formula is C20H21ClN4O5.